The number of pyridine rings is 1. The first-order chi connectivity index (χ1) is 9.27. The lowest BCUT2D eigenvalue weighted by molar-refractivity contribution is 0.534. The van der Waals surface area contributed by atoms with Gasteiger partial charge in [-0.05, 0) is 37.4 Å². The topological polar surface area (TPSA) is 42.2 Å². The molecule has 4 nitrogen and oxygen atoms in total. The predicted molar refractivity (Wildman–Crippen MR) is 80.7 cm³/mol. The predicted octanol–water partition coefficient (Wildman–Crippen LogP) is 2.85. The summed E-state index contributed by atoms with van der Waals surface area (Å²) in [6.07, 6.45) is 4.57. The molecule has 0 bridgehead atoms. The molecule has 2 aromatic heterocycles. The van der Waals surface area contributed by atoms with E-state index >= 15 is 0 Å². The molecule has 19 heavy (non-hydrogen) atoms. The van der Waals surface area contributed by atoms with E-state index in [9.17, 15) is 0 Å². The van der Waals surface area contributed by atoms with Crippen LogP contribution in [0.25, 0.3) is 5.65 Å². The van der Waals surface area contributed by atoms with Crippen LogP contribution in [0.4, 0.5) is 0 Å². The summed E-state index contributed by atoms with van der Waals surface area (Å²) in [7, 11) is 0. The van der Waals surface area contributed by atoms with E-state index in [2.05, 4.69) is 29.4 Å². The standard InChI is InChI=1S/C14H22N4S/c1-12(2)6-5-8-15-9-11-19-14-17-16-13-7-3-4-10-18(13)14/h3-4,7,10,12,15H,5-6,8-9,11H2,1-2H3. The highest BCUT2D eigenvalue weighted by Crippen LogP contribution is 2.15. The minimum absolute atomic E-state index is 0.804. The van der Waals surface area contributed by atoms with Crippen LogP contribution in [0.5, 0.6) is 0 Å². The van der Waals surface area contributed by atoms with Crippen molar-refractivity contribution >= 4 is 17.4 Å². The van der Waals surface area contributed by atoms with E-state index in [1.54, 1.807) is 11.8 Å². The Labute approximate surface area is 119 Å². The van der Waals surface area contributed by atoms with Gasteiger partial charge in [0, 0.05) is 18.5 Å². The van der Waals surface area contributed by atoms with Crippen LogP contribution in [0.3, 0.4) is 0 Å². The van der Waals surface area contributed by atoms with Crippen molar-refractivity contribution in [1.29, 1.82) is 0 Å². The van der Waals surface area contributed by atoms with Gasteiger partial charge in [0.15, 0.2) is 10.8 Å². The lowest BCUT2D eigenvalue weighted by atomic mass is 10.1. The molecule has 0 aliphatic rings. The quantitative estimate of drug-likeness (QED) is 0.595. The van der Waals surface area contributed by atoms with E-state index in [0.717, 1.165) is 35.6 Å². The maximum absolute atomic E-state index is 4.20. The number of rotatable bonds is 8. The van der Waals surface area contributed by atoms with Crippen LogP contribution in [-0.4, -0.2) is 33.4 Å². The summed E-state index contributed by atoms with van der Waals surface area (Å²) in [6, 6.07) is 5.96. The van der Waals surface area contributed by atoms with Crippen LogP contribution in [0, 0.1) is 5.92 Å². The Morgan fingerprint density at radius 3 is 3.00 bits per heavy atom. The van der Waals surface area contributed by atoms with Gasteiger partial charge in [0.2, 0.25) is 0 Å². The molecule has 1 N–H and O–H groups in total. The van der Waals surface area contributed by atoms with Gasteiger partial charge < -0.3 is 5.32 Å². The largest absolute Gasteiger partial charge is 0.316 e. The van der Waals surface area contributed by atoms with Gasteiger partial charge in [-0.1, -0.05) is 31.7 Å². The maximum atomic E-state index is 4.20. The molecule has 5 heteroatoms. The molecule has 0 unspecified atom stereocenters. The fourth-order valence-corrected chi connectivity index (χ4v) is 2.71. The van der Waals surface area contributed by atoms with Crippen LogP contribution in [-0.2, 0) is 0 Å². The van der Waals surface area contributed by atoms with Crippen LogP contribution in [0.15, 0.2) is 29.6 Å². The van der Waals surface area contributed by atoms with Crippen LogP contribution >= 0.6 is 11.8 Å². The van der Waals surface area contributed by atoms with Gasteiger partial charge in [0.1, 0.15) is 0 Å². The molecule has 2 rings (SSSR count). The molecule has 0 aromatic carbocycles. The van der Waals surface area contributed by atoms with Gasteiger partial charge >= 0.3 is 0 Å². The van der Waals surface area contributed by atoms with Crippen LogP contribution < -0.4 is 5.32 Å². The Morgan fingerprint density at radius 1 is 1.26 bits per heavy atom. The van der Waals surface area contributed by atoms with Gasteiger partial charge in [-0.15, -0.1) is 10.2 Å². The van der Waals surface area contributed by atoms with Crippen molar-refractivity contribution in [1.82, 2.24) is 19.9 Å². The number of thioether (sulfide) groups is 1. The van der Waals surface area contributed by atoms with Gasteiger partial charge in [0.05, 0.1) is 0 Å². The Bertz CT molecular complexity index is 495. The van der Waals surface area contributed by atoms with Crippen molar-refractivity contribution < 1.29 is 0 Å². The van der Waals surface area contributed by atoms with Gasteiger partial charge in [-0.3, -0.25) is 4.40 Å². The molecule has 104 valence electrons. The SMILES string of the molecule is CC(C)CCCNCCSc1nnc2ccccn12. The highest BCUT2D eigenvalue weighted by Gasteiger charge is 2.04. The third kappa shape index (κ3) is 4.51. The van der Waals surface area contributed by atoms with E-state index in [1.807, 2.05) is 28.8 Å². The zero-order valence-electron chi connectivity index (χ0n) is 11.7. The van der Waals surface area contributed by atoms with E-state index in [0.29, 0.717) is 0 Å². The molecule has 2 aromatic rings. The number of hydrogen-bond donors (Lipinski definition) is 1. The number of nitrogens with zero attached hydrogens (tertiary/aromatic N) is 3. The molecule has 2 heterocycles. The van der Waals surface area contributed by atoms with Gasteiger partial charge in [0.25, 0.3) is 0 Å². The van der Waals surface area contributed by atoms with Gasteiger partial charge in [-0.2, -0.15) is 0 Å². The first-order valence-electron chi connectivity index (χ1n) is 6.90. The normalized spacial score (nSPS) is 11.5. The minimum atomic E-state index is 0.804. The van der Waals surface area contributed by atoms with Crippen molar-refractivity contribution in [3.63, 3.8) is 0 Å². The van der Waals surface area contributed by atoms with Crippen LogP contribution in [0.1, 0.15) is 26.7 Å². The fraction of sp³-hybridized carbons (Fsp3) is 0.571. The molecule has 0 atom stereocenters. The molecular weight excluding hydrogens is 256 g/mol. The monoisotopic (exact) mass is 278 g/mol. The Balaban J connectivity index is 1.66. The summed E-state index contributed by atoms with van der Waals surface area (Å²) in [4.78, 5) is 0. The Hall–Kier alpha value is -1.07. The minimum Gasteiger partial charge on any atom is -0.316 e. The summed E-state index contributed by atoms with van der Waals surface area (Å²) < 4.78 is 2.03. The maximum Gasteiger partial charge on any atom is 0.195 e. The summed E-state index contributed by atoms with van der Waals surface area (Å²) in [5.41, 5.74) is 0.912. The lowest BCUT2D eigenvalue weighted by Gasteiger charge is -2.06. The van der Waals surface area contributed by atoms with E-state index in [-0.39, 0.29) is 0 Å². The molecule has 0 aliphatic heterocycles. The molecule has 0 saturated heterocycles. The average molecular weight is 278 g/mol. The van der Waals surface area contributed by atoms with Gasteiger partial charge in [-0.25, -0.2) is 0 Å². The highest BCUT2D eigenvalue weighted by atomic mass is 32.2. The van der Waals surface area contributed by atoms with Crippen LogP contribution in [0.2, 0.25) is 0 Å². The molecule has 0 fully saturated rings. The molecule has 0 amide bonds. The van der Waals surface area contributed by atoms with Crippen molar-refractivity contribution in [3.05, 3.63) is 24.4 Å². The molecule has 0 spiro atoms. The number of fused-ring (bicyclic) bond motifs is 1. The number of nitrogens with one attached hydrogen (secondary N) is 1. The molecule has 0 radical (unpaired) electrons. The molecule has 0 aliphatic carbocycles. The second-order valence-electron chi connectivity index (χ2n) is 5.05. The summed E-state index contributed by atoms with van der Waals surface area (Å²) in [5.74, 6) is 1.83. The second-order valence-corrected chi connectivity index (χ2v) is 6.11. The van der Waals surface area contributed by atoms with Crippen molar-refractivity contribution in [2.24, 2.45) is 5.92 Å². The average Bonchev–Trinajstić information content (AvgIpc) is 2.81. The summed E-state index contributed by atoms with van der Waals surface area (Å²) >= 11 is 1.75. The zero-order chi connectivity index (χ0) is 13.5. The van der Waals surface area contributed by atoms with Crippen molar-refractivity contribution in [2.45, 2.75) is 31.8 Å². The highest BCUT2D eigenvalue weighted by molar-refractivity contribution is 7.99. The zero-order valence-corrected chi connectivity index (χ0v) is 12.5. The summed E-state index contributed by atoms with van der Waals surface area (Å²) in [6.45, 7) is 6.67. The Kier molecular flexibility index (Phi) is 5.66. The fourth-order valence-electron chi connectivity index (χ4n) is 1.89. The van der Waals surface area contributed by atoms with E-state index < -0.39 is 0 Å². The molecule has 0 saturated carbocycles. The van der Waals surface area contributed by atoms with Crippen molar-refractivity contribution in [3.8, 4) is 0 Å². The number of aromatic nitrogens is 3. The lowest BCUT2D eigenvalue weighted by Crippen LogP contribution is -2.18. The Morgan fingerprint density at radius 2 is 2.16 bits per heavy atom. The number of hydrogen-bond acceptors (Lipinski definition) is 4. The van der Waals surface area contributed by atoms with Crippen molar-refractivity contribution in [2.75, 3.05) is 18.8 Å². The summed E-state index contributed by atoms with van der Waals surface area (Å²) in [5, 5.41) is 12.8. The first-order valence-corrected chi connectivity index (χ1v) is 7.89. The van der Waals surface area contributed by atoms with E-state index in [4.69, 9.17) is 0 Å². The second kappa shape index (κ2) is 7.50. The first kappa shape index (κ1) is 14.3. The molecular formula is C14H22N4S. The third-order valence-electron chi connectivity index (χ3n) is 2.93. The smallest absolute Gasteiger partial charge is 0.195 e. The third-order valence-corrected chi connectivity index (χ3v) is 3.87. The van der Waals surface area contributed by atoms with E-state index in [1.165, 1.54) is 12.8 Å².